The van der Waals surface area contributed by atoms with Crippen LogP contribution >= 0.6 is 34.9 Å². The lowest BCUT2D eigenvalue weighted by Crippen LogP contribution is -2.71. The highest BCUT2D eigenvalue weighted by atomic mass is 32.2. The number of fused-ring (bicyclic) bond motifs is 1. The van der Waals surface area contributed by atoms with Crippen LogP contribution in [0.2, 0.25) is 0 Å². The maximum atomic E-state index is 13.4. The third-order valence-electron chi connectivity index (χ3n) is 6.64. The Kier molecular flexibility index (Phi) is 7.69. The number of hydrogen-bond acceptors (Lipinski definition) is 11. The number of nitrogens with one attached hydrogen (secondary N) is 1. The molecule has 1 saturated heterocycles. The smallest absolute Gasteiger partial charge is 0.276 e. The van der Waals surface area contributed by atoms with Crippen molar-refractivity contribution in [3.05, 3.63) is 83.3 Å². The first-order valence-corrected chi connectivity index (χ1v) is 15.5. The number of amides is 2. The van der Waals surface area contributed by atoms with Crippen LogP contribution in [0.1, 0.15) is 12.1 Å². The zero-order chi connectivity index (χ0) is 28.5. The molecular formula is C27H24N6O5S3. The highest BCUT2D eigenvalue weighted by Crippen LogP contribution is 2.42. The first-order valence-electron chi connectivity index (χ1n) is 12.7. The van der Waals surface area contributed by atoms with Crippen LogP contribution in [0.3, 0.4) is 0 Å². The molecule has 1 aromatic carbocycles. The monoisotopic (exact) mass is 608 g/mol. The van der Waals surface area contributed by atoms with Gasteiger partial charge in [0.25, 0.3) is 11.8 Å². The van der Waals surface area contributed by atoms with Crippen LogP contribution in [-0.4, -0.2) is 61.9 Å². The molecule has 14 heteroatoms. The number of nitrogen functional groups attached to an aromatic ring is 1. The molecule has 3 N–H and O–H groups in total. The quantitative estimate of drug-likeness (QED) is 0.147. The lowest BCUT2D eigenvalue weighted by Gasteiger charge is -2.50. The number of benzene rings is 1. The Labute approximate surface area is 247 Å². The summed E-state index contributed by atoms with van der Waals surface area (Å²) in [5.74, 6) is -2.27. The molecule has 0 radical (unpaired) electrons. The van der Waals surface area contributed by atoms with Gasteiger partial charge in [0.05, 0.1) is 16.9 Å². The van der Waals surface area contributed by atoms with Gasteiger partial charge < -0.3 is 25.8 Å². The number of pyridine rings is 1. The summed E-state index contributed by atoms with van der Waals surface area (Å²) in [5.41, 5.74) is 6.33. The van der Waals surface area contributed by atoms with Gasteiger partial charge in [-0.25, -0.2) is 9.55 Å². The predicted octanol–water partition coefficient (Wildman–Crippen LogP) is 0.771. The number of rotatable bonds is 10. The standard InChI is InChI=1S/C27H24N6O5S3/c28-27-29-17(14-40-27)20(31-38-18-11-19(18)41-16-7-3-1-4-8-16)23(34)30-21-24(35)33-22(26(36)37)15(13-39-25(21)33)12-32-9-5-2-6-10-32/h1-10,14,18-19,21,25H,11-13H2,(H3-,28,29,30,34,36,37)/t18?,19?,21-,25+/m1/s1. The number of anilines is 1. The number of carboxylic acid groups (broad SMARTS) is 1. The molecule has 4 heterocycles. The number of carboxylic acids is 1. The number of carbonyl (C=O) groups excluding carboxylic acids is 3. The number of nitrogens with two attached hydrogens (primary N) is 1. The van der Waals surface area contributed by atoms with E-state index in [1.54, 1.807) is 17.1 Å². The molecule has 2 amide bonds. The fourth-order valence-electron chi connectivity index (χ4n) is 4.54. The first-order chi connectivity index (χ1) is 19.9. The number of carbonyl (C=O) groups is 3. The van der Waals surface area contributed by atoms with Gasteiger partial charge in [0.1, 0.15) is 23.2 Å². The summed E-state index contributed by atoms with van der Waals surface area (Å²) in [6, 6.07) is 14.5. The summed E-state index contributed by atoms with van der Waals surface area (Å²) < 4.78 is 1.83. The van der Waals surface area contributed by atoms with E-state index in [1.807, 2.05) is 65.5 Å². The van der Waals surface area contributed by atoms with E-state index < -0.39 is 29.2 Å². The van der Waals surface area contributed by atoms with Gasteiger partial charge in [0, 0.05) is 40.2 Å². The second-order valence-corrected chi connectivity index (χ2v) is 12.8. The fourth-order valence-corrected chi connectivity index (χ4v) is 7.58. The largest absolute Gasteiger partial charge is 0.543 e. The van der Waals surface area contributed by atoms with Gasteiger partial charge in [-0.1, -0.05) is 29.4 Å². The molecule has 2 unspecified atom stereocenters. The van der Waals surface area contributed by atoms with Crippen LogP contribution in [0.5, 0.6) is 0 Å². The molecule has 1 aliphatic carbocycles. The molecule has 0 spiro atoms. The van der Waals surface area contributed by atoms with Crippen LogP contribution in [0.4, 0.5) is 5.13 Å². The zero-order valence-electron chi connectivity index (χ0n) is 21.4. The number of nitrogens with zero attached hydrogens (tertiary/aromatic N) is 4. The number of β-lactam (4-membered cyclic amide) rings is 1. The van der Waals surface area contributed by atoms with E-state index in [2.05, 4.69) is 15.5 Å². The Morgan fingerprint density at radius 2 is 1.98 bits per heavy atom. The fraction of sp³-hybridized carbons (Fsp3) is 0.259. The number of oxime groups is 1. The van der Waals surface area contributed by atoms with Crippen molar-refractivity contribution in [1.29, 1.82) is 0 Å². The normalized spacial score (nSPS) is 23.5. The van der Waals surface area contributed by atoms with Gasteiger partial charge in [-0.2, -0.15) is 0 Å². The highest BCUT2D eigenvalue weighted by molar-refractivity contribution is 8.00. The van der Waals surface area contributed by atoms with Crippen LogP contribution in [0.25, 0.3) is 0 Å². The van der Waals surface area contributed by atoms with Crippen molar-refractivity contribution in [2.75, 3.05) is 11.5 Å². The summed E-state index contributed by atoms with van der Waals surface area (Å²) in [6.45, 7) is 0.300. The number of hydrogen-bond donors (Lipinski definition) is 2. The van der Waals surface area contributed by atoms with E-state index in [9.17, 15) is 19.5 Å². The lowest BCUT2D eigenvalue weighted by atomic mass is 10.0. The van der Waals surface area contributed by atoms with Crippen LogP contribution in [-0.2, 0) is 25.8 Å². The molecule has 3 aliphatic rings. The van der Waals surface area contributed by atoms with Crippen molar-refractivity contribution in [2.45, 2.75) is 40.6 Å². The summed E-state index contributed by atoms with van der Waals surface area (Å²) in [6.07, 6.45) is 4.23. The third-order valence-corrected chi connectivity index (χ3v) is 10.0. The number of thiazole rings is 1. The Morgan fingerprint density at radius 1 is 1.22 bits per heavy atom. The van der Waals surface area contributed by atoms with E-state index in [0.29, 0.717) is 17.9 Å². The van der Waals surface area contributed by atoms with Crippen molar-refractivity contribution in [2.24, 2.45) is 5.16 Å². The second kappa shape index (κ2) is 11.5. The van der Waals surface area contributed by atoms with Gasteiger partial charge in [0.15, 0.2) is 29.8 Å². The molecule has 1 saturated carbocycles. The van der Waals surface area contributed by atoms with Crippen molar-refractivity contribution in [3.63, 3.8) is 0 Å². The first kappa shape index (κ1) is 27.3. The zero-order valence-corrected chi connectivity index (χ0v) is 23.9. The molecule has 11 nitrogen and oxygen atoms in total. The molecule has 4 atom stereocenters. The second-order valence-electron chi connectivity index (χ2n) is 9.51. The minimum atomic E-state index is -1.43. The Bertz CT molecular complexity index is 1550. The van der Waals surface area contributed by atoms with E-state index in [-0.39, 0.29) is 33.6 Å². The van der Waals surface area contributed by atoms with Gasteiger partial charge in [-0.15, -0.1) is 34.9 Å². The van der Waals surface area contributed by atoms with Crippen molar-refractivity contribution >= 4 is 63.5 Å². The highest BCUT2D eigenvalue weighted by Gasteiger charge is 2.53. The van der Waals surface area contributed by atoms with Crippen molar-refractivity contribution in [3.8, 4) is 0 Å². The molecule has 0 bridgehead atoms. The Balaban J connectivity index is 1.15. The maximum Gasteiger partial charge on any atom is 0.276 e. The summed E-state index contributed by atoms with van der Waals surface area (Å²) in [7, 11) is 0. The molecule has 2 aliphatic heterocycles. The molecule has 3 aromatic rings. The average Bonchev–Trinajstić information content (AvgIpc) is 3.57. The van der Waals surface area contributed by atoms with Crippen molar-refractivity contribution in [1.82, 2.24) is 15.2 Å². The average molecular weight is 609 g/mol. The minimum absolute atomic E-state index is 0.0998. The molecule has 41 heavy (non-hydrogen) atoms. The number of aromatic nitrogens is 2. The lowest BCUT2D eigenvalue weighted by molar-refractivity contribution is -0.689. The van der Waals surface area contributed by atoms with Gasteiger partial charge >= 0.3 is 0 Å². The molecule has 2 aromatic heterocycles. The Morgan fingerprint density at radius 3 is 2.68 bits per heavy atom. The maximum absolute atomic E-state index is 13.4. The molecule has 2 fully saturated rings. The number of aliphatic carboxylic acids is 1. The summed E-state index contributed by atoms with van der Waals surface area (Å²) >= 11 is 4.20. The SMILES string of the molecule is Nc1nc(C(=NOC2CC2Sc2ccccc2)C(=O)N[C@@H]2C(=O)N3C(C(=O)[O-])=C(C[n+]4ccccc4)CS[C@@H]23)cs1. The molecule has 210 valence electrons. The molecular weight excluding hydrogens is 585 g/mol. The topological polar surface area (TPSA) is 154 Å². The van der Waals surface area contributed by atoms with E-state index in [1.165, 1.54) is 16.7 Å². The van der Waals surface area contributed by atoms with E-state index in [0.717, 1.165) is 22.7 Å². The predicted molar refractivity (Wildman–Crippen MR) is 152 cm³/mol. The van der Waals surface area contributed by atoms with E-state index >= 15 is 0 Å². The summed E-state index contributed by atoms with van der Waals surface area (Å²) in [4.78, 5) is 50.8. The Hall–Kier alpha value is -3.88. The van der Waals surface area contributed by atoms with Crippen molar-refractivity contribution < 1.29 is 28.9 Å². The van der Waals surface area contributed by atoms with Gasteiger partial charge in [-0.3, -0.25) is 14.5 Å². The van der Waals surface area contributed by atoms with Crippen LogP contribution in [0, 0.1) is 0 Å². The molecule has 6 rings (SSSR count). The minimum Gasteiger partial charge on any atom is -0.543 e. The van der Waals surface area contributed by atoms with Gasteiger partial charge in [0.2, 0.25) is 0 Å². The van der Waals surface area contributed by atoms with E-state index in [4.69, 9.17) is 10.6 Å². The van der Waals surface area contributed by atoms with Gasteiger partial charge in [-0.05, 0) is 12.1 Å². The summed E-state index contributed by atoms with van der Waals surface area (Å²) in [5, 5.41) is 20.4. The van der Waals surface area contributed by atoms with Crippen LogP contribution in [0.15, 0.2) is 87.6 Å². The number of thioether (sulfide) groups is 2. The third kappa shape index (κ3) is 5.80. The van der Waals surface area contributed by atoms with Crippen LogP contribution < -0.4 is 20.7 Å².